The number of urea groups is 1. The fourth-order valence-corrected chi connectivity index (χ4v) is 2.02. The van der Waals surface area contributed by atoms with E-state index in [1.807, 2.05) is 25.8 Å². The van der Waals surface area contributed by atoms with E-state index in [2.05, 4.69) is 41.8 Å². The monoisotopic (exact) mass is 305 g/mol. The Morgan fingerprint density at radius 3 is 2.27 bits per heavy atom. The van der Waals surface area contributed by atoms with E-state index < -0.39 is 6.03 Å². The van der Waals surface area contributed by atoms with Crippen LogP contribution in [0.25, 0.3) is 0 Å². The molecule has 0 fully saturated rings. The smallest absolute Gasteiger partial charge is 0.321 e. The van der Waals surface area contributed by atoms with Gasteiger partial charge in [-0.25, -0.2) is 4.79 Å². The van der Waals surface area contributed by atoms with Gasteiger partial charge < -0.3 is 5.32 Å². The fourth-order valence-electron chi connectivity index (χ4n) is 2.02. The molecule has 0 spiro atoms. The quantitative estimate of drug-likeness (QED) is 0.812. The molecule has 0 heterocycles. The molecule has 0 saturated heterocycles. The summed E-state index contributed by atoms with van der Waals surface area (Å²) >= 11 is 0. The lowest BCUT2D eigenvalue weighted by molar-refractivity contribution is -0.120. The Morgan fingerprint density at radius 1 is 1.14 bits per heavy atom. The van der Waals surface area contributed by atoms with Crippen LogP contribution in [0.1, 0.15) is 38.3 Å². The highest BCUT2D eigenvalue weighted by Crippen LogP contribution is 2.07. The minimum absolute atomic E-state index is 0.0580. The summed E-state index contributed by atoms with van der Waals surface area (Å²) in [4.78, 5) is 25.3. The molecule has 5 heteroatoms. The molecule has 2 N–H and O–H groups in total. The van der Waals surface area contributed by atoms with E-state index in [0.29, 0.717) is 6.54 Å². The maximum atomic E-state index is 11.8. The molecule has 122 valence electrons. The molecule has 0 radical (unpaired) electrons. The molecular formula is C17H27N3O2. The first-order chi connectivity index (χ1) is 10.4. The van der Waals surface area contributed by atoms with Crippen molar-refractivity contribution in [3.8, 4) is 0 Å². The van der Waals surface area contributed by atoms with Crippen LogP contribution in [-0.4, -0.2) is 36.5 Å². The lowest BCUT2D eigenvalue weighted by Crippen LogP contribution is -2.46. The zero-order chi connectivity index (χ0) is 16.5. The predicted molar refractivity (Wildman–Crippen MR) is 88.6 cm³/mol. The number of hydrogen-bond acceptors (Lipinski definition) is 3. The van der Waals surface area contributed by atoms with Gasteiger partial charge in [0, 0.05) is 12.6 Å². The lowest BCUT2D eigenvalue weighted by Gasteiger charge is -2.17. The summed E-state index contributed by atoms with van der Waals surface area (Å²) in [5, 5.41) is 5.06. The van der Waals surface area contributed by atoms with E-state index in [4.69, 9.17) is 0 Å². The van der Waals surface area contributed by atoms with Gasteiger partial charge in [0.25, 0.3) is 0 Å². The van der Waals surface area contributed by atoms with Crippen molar-refractivity contribution >= 4 is 11.9 Å². The Kier molecular flexibility index (Phi) is 7.60. The van der Waals surface area contributed by atoms with Crippen LogP contribution in [0.4, 0.5) is 4.79 Å². The predicted octanol–water partition coefficient (Wildman–Crippen LogP) is 2.31. The van der Waals surface area contributed by atoms with Gasteiger partial charge in [-0.1, -0.05) is 38.1 Å². The zero-order valence-corrected chi connectivity index (χ0v) is 14.0. The van der Waals surface area contributed by atoms with E-state index in [9.17, 15) is 9.59 Å². The van der Waals surface area contributed by atoms with E-state index in [1.165, 1.54) is 5.56 Å². The van der Waals surface area contributed by atoms with Gasteiger partial charge in [0.05, 0.1) is 6.54 Å². The minimum atomic E-state index is -0.431. The highest BCUT2D eigenvalue weighted by atomic mass is 16.2. The number of rotatable bonds is 7. The van der Waals surface area contributed by atoms with Crippen molar-refractivity contribution in [1.82, 2.24) is 15.5 Å². The number of aryl methyl sites for hydroxylation is 1. The van der Waals surface area contributed by atoms with E-state index in [0.717, 1.165) is 18.4 Å². The topological polar surface area (TPSA) is 61.4 Å². The summed E-state index contributed by atoms with van der Waals surface area (Å²) in [6, 6.07) is 7.97. The first-order valence-corrected chi connectivity index (χ1v) is 7.81. The summed E-state index contributed by atoms with van der Waals surface area (Å²) in [7, 11) is 1.86. The molecule has 22 heavy (non-hydrogen) atoms. The molecule has 1 aromatic rings. The van der Waals surface area contributed by atoms with Crippen molar-refractivity contribution in [2.45, 2.75) is 46.2 Å². The normalized spacial score (nSPS) is 12.0. The minimum Gasteiger partial charge on any atom is -0.335 e. The largest absolute Gasteiger partial charge is 0.335 e. The molecule has 0 aromatic heterocycles. The number of benzene rings is 1. The second-order valence-corrected chi connectivity index (χ2v) is 5.67. The Hall–Kier alpha value is -1.88. The summed E-state index contributed by atoms with van der Waals surface area (Å²) in [5.41, 5.74) is 2.45. The maximum Gasteiger partial charge on any atom is 0.321 e. The average Bonchev–Trinajstić information content (AvgIpc) is 2.47. The fraction of sp³-hybridized carbons (Fsp3) is 0.529. The highest BCUT2D eigenvalue weighted by Gasteiger charge is 2.12. The third kappa shape index (κ3) is 6.72. The van der Waals surface area contributed by atoms with E-state index >= 15 is 0 Å². The van der Waals surface area contributed by atoms with Gasteiger partial charge in [-0.2, -0.15) is 0 Å². The first-order valence-electron chi connectivity index (χ1n) is 7.81. The Balaban J connectivity index is 2.38. The molecule has 0 saturated carbocycles. The van der Waals surface area contributed by atoms with Crippen LogP contribution in [0, 0.1) is 0 Å². The van der Waals surface area contributed by atoms with Crippen molar-refractivity contribution in [2.24, 2.45) is 0 Å². The molecular weight excluding hydrogens is 278 g/mol. The first kappa shape index (κ1) is 18.2. The standard InChI is InChI=1S/C17H27N3O2/c1-5-13(3)18-17(22)19-16(21)12-20(4)11-15-9-7-14(6-2)8-10-15/h7-10,13H,5-6,11-12H2,1-4H3,(H2,18,19,21,22)/t13-/m1/s1. The van der Waals surface area contributed by atoms with Gasteiger partial charge in [0.1, 0.15) is 0 Å². The third-order valence-corrected chi connectivity index (χ3v) is 3.54. The molecule has 5 nitrogen and oxygen atoms in total. The molecule has 3 amide bonds. The molecule has 0 aliphatic rings. The van der Waals surface area contributed by atoms with Crippen molar-refractivity contribution in [1.29, 1.82) is 0 Å². The lowest BCUT2D eigenvalue weighted by atomic mass is 10.1. The van der Waals surface area contributed by atoms with Crippen molar-refractivity contribution in [3.63, 3.8) is 0 Å². The number of nitrogens with one attached hydrogen (secondary N) is 2. The number of likely N-dealkylation sites (N-methyl/N-ethyl adjacent to an activating group) is 1. The molecule has 0 aliphatic heterocycles. The average molecular weight is 305 g/mol. The molecule has 1 aromatic carbocycles. The van der Waals surface area contributed by atoms with Crippen LogP contribution in [0.5, 0.6) is 0 Å². The SMILES string of the molecule is CCc1ccc(CN(C)CC(=O)NC(=O)N[C@H](C)CC)cc1. The number of imide groups is 1. The molecule has 0 bridgehead atoms. The van der Waals surface area contributed by atoms with Gasteiger partial charge >= 0.3 is 6.03 Å². The number of nitrogens with zero attached hydrogens (tertiary/aromatic N) is 1. The van der Waals surface area contributed by atoms with Gasteiger partial charge in [0.15, 0.2) is 0 Å². The van der Waals surface area contributed by atoms with Crippen LogP contribution < -0.4 is 10.6 Å². The van der Waals surface area contributed by atoms with Gasteiger partial charge in [0.2, 0.25) is 5.91 Å². The molecule has 1 rings (SSSR count). The van der Waals surface area contributed by atoms with Crippen LogP contribution in [-0.2, 0) is 17.8 Å². The summed E-state index contributed by atoms with van der Waals surface area (Å²) in [5.74, 6) is -0.298. The molecule has 1 atom stereocenters. The zero-order valence-electron chi connectivity index (χ0n) is 14.0. The van der Waals surface area contributed by atoms with Crippen molar-refractivity contribution < 1.29 is 9.59 Å². The summed E-state index contributed by atoms with van der Waals surface area (Å²) in [6.45, 7) is 6.85. The van der Waals surface area contributed by atoms with Crippen LogP contribution in [0.15, 0.2) is 24.3 Å². The number of carbonyl (C=O) groups excluding carboxylic acids is 2. The Labute approximate surface area is 133 Å². The molecule has 0 aliphatic carbocycles. The van der Waals surface area contributed by atoms with Gasteiger partial charge in [-0.05, 0) is 37.9 Å². The third-order valence-electron chi connectivity index (χ3n) is 3.54. The summed E-state index contributed by atoms with van der Waals surface area (Å²) < 4.78 is 0. The van der Waals surface area contributed by atoms with Gasteiger partial charge in [-0.3, -0.25) is 15.0 Å². The number of carbonyl (C=O) groups is 2. The number of hydrogen-bond donors (Lipinski definition) is 2. The van der Waals surface area contributed by atoms with E-state index in [-0.39, 0.29) is 18.5 Å². The molecule has 0 unspecified atom stereocenters. The maximum absolute atomic E-state index is 11.8. The highest BCUT2D eigenvalue weighted by molar-refractivity contribution is 5.95. The second-order valence-electron chi connectivity index (χ2n) is 5.67. The van der Waals surface area contributed by atoms with Crippen molar-refractivity contribution in [3.05, 3.63) is 35.4 Å². The van der Waals surface area contributed by atoms with Crippen LogP contribution in [0.3, 0.4) is 0 Å². The van der Waals surface area contributed by atoms with Gasteiger partial charge in [-0.15, -0.1) is 0 Å². The summed E-state index contributed by atoms with van der Waals surface area (Å²) in [6.07, 6.45) is 1.85. The van der Waals surface area contributed by atoms with Crippen LogP contribution in [0.2, 0.25) is 0 Å². The Morgan fingerprint density at radius 2 is 1.73 bits per heavy atom. The van der Waals surface area contributed by atoms with Crippen LogP contribution >= 0.6 is 0 Å². The van der Waals surface area contributed by atoms with E-state index in [1.54, 1.807) is 0 Å². The number of amides is 3. The van der Waals surface area contributed by atoms with Crippen molar-refractivity contribution in [2.75, 3.05) is 13.6 Å². The second kappa shape index (κ2) is 9.20. The Bertz CT molecular complexity index is 485.